The summed E-state index contributed by atoms with van der Waals surface area (Å²) < 4.78 is 51.9. The fourth-order valence-corrected chi connectivity index (χ4v) is 4.23. The molecule has 0 aliphatic heterocycles. The SMILES string of the molecule is COc1ccc(OC)c(NC(=O)[C@@H](Cc2ccccc2)NS(=O)(=O)c2ccc(F)cc2)c1. The molecule has 32 heavy (non-hydrogen) atoms. The van der Waals surface area contributed by atoms with Gasteiger partial charge in [-0.05, 0) is 48.4 Å². The molecule has 7 nitrogen and oxygen atoms in total. The topological polar surface area (TPSA) is 93.7 Å². The van der Waals surface area contributed by atoms with E-state index in [1.807, 2.05) is 6.07 Å². The van der Waals surface area contributed by atoms with E-state index < -0.39 is 27.8 Å². The molecule has 0 unspecified atom stereocenters. The predicted molar refractivity (Wildman–Crippen MR) is 119 cm³/mol. The Morgan fingerprint density at radius 1 is 0.969 bits per heavy atom. The van der Waals surface area contributed by atoms with Gasteiger partial charge in [0.2, 0.25) is 15.9 Å². The average Bonchev–Trinajstić information content (AvgIpc) is 2.79. The van der Waals surface area contributed by atoms with Crippen LogP contribution in [0.3, 0.4) is 0 Å². The molecule has 3 aromatic carbocycles. The molecule has 0 fully saturated rings. The van der Waals surface area contributed by atoms with E-state index in [-0.39, 0.29) is 11.3 Å². The summed E-state index contributed by atoms with van der Waals surface area (Å²) in [6, 6.07) is 17.1. The number of carbonyl (C=O) groups is 1. The van der Waals surface area contributed by atoms with Gasteiger partial charge in [0.15, 0.2) is 0 Å². The van der Waals surface area contributed by atoms with Gasteiger partial charge < -0.3 is 14.8 Å². The van der Waals surface area contributed by atoms with Crippen molar-refractivity contribution in [1.29, 1.82) is 0 Å². The van der Waals surface area contributed by atoms with Gasteiger partial charge in [-0.2, -0.15) is 4.72 Å². The number of methoxy groups -OCH3 is 2. The van der Waals surface area contributed by atoms with Crippen molar-refractivity contribution in [3.05, 3.63) is 84.2 Å². The number of rotatable bonds is 9. The third-order valence-electron chi connectivity index (χ3n) is 4.69. The van der Waals surface area contributed by atoms with Crippen LogP contribution in [0.4, 0.5) is 10.1 Å². The van der Waals surface area contributed by atoms with Crippen LogP contribution < -0.4 is 19.5 Å². The van der Waals surface area contributed by atoms with Crippen molar-refractivity contribution in [3.8, 4) is 11.5 Å². The lowest BCUT2D eigenvalue weighted by molar-refractivity contribution is -0.117. The van der Waals surface area contributed by atoms with Crippen LogP contribution in [0.2, 0.25) is 0 Å². The minimum absolute atomic E-state index is 0.0966. The van der Waals surface area contributed by atoms with E-state index in [2.05, 4.69) is 10.0 Å². The fraction of sp³-hybridized carbons (Fsp3) is 0.174. The number of anilines is 1. The summed E-state index contributed by atoms with van der Waals surface area (Å²) in [6.07, 6.45) is 0.0966. The first-order chi connectivity index (χ1) is 15.3. The van der Waals surface area contributed by atoms with Crippen molar-refractivity contribution < 1.29 is 27.1 Å². The molecular weight excluding hydrogens is 435 g/mol. The summed E-state index contributed by atoms with van der Waals surface area (Å²) in [5.41, 5.74) is 1.09. The molecule has 0 saturated heterocycles. The number of ether oxygens (including phenoxy) is 2. The molecule has 0 heterocycles. The highest BCUT2D eigenvalue weighted by molar-refractivity contribution is 7.89. The molecule has 0 radical (unpaired) electrons. The second-order valence-corrected chi connectivity index (χ2v) is 8.59. The summed E-state index contributed by atoms with van der Waals surface area (Å²) in [5.74, 6) is -0.273. The van der Waals surface area contributed by atoms with E-state index in [1.165, 1.54) is 14.2 Å². The molecule has 168 valence electrons. The molecule has 1 atom stereocenters. The molecular formula is C23H23FN2O5S. The molecule has 9 heteroatoms. The second kappa shape index (κ2) is 10.3. The first-order valence-corrected chi connectivity index (χ1v) is 11.2. The normalized spacial score (nSPS) is 12.1. The predicted octanol–water partition coefficient (Wildman–Crippen LogP) is 3.37. The van der Waals surface area contributed by atoms with Gasteiger partial charge in [-0.1, -0.05) is 30.3 Å². The van der Waals surface area contributed by atoms with Gasteiger partial charge in [-0.15, -0.1) is 0 Å². The van der Waals surface area contributed by atoms with Gasteiger partial charge in [-0.25, -0.2) is 12.8 Å². The van der Waals surface area contributed by atoms with E-state index in [0.29, 0.717) is 17.2 Å². The van der Waals surface area contributed by atoms with E-state index >= 15 is 0 Å². The van der Waals surface area contributed by atoms with Crippen molar-refractivity contribution in [3.63, 3.8) is 0 Å². The second-order valence-electron chi connectivity index (χ2n) is 6.87. The molecule has 2 N–H and O–H groups in total. The maximum absolute atomic E-state index is 13.2. The van der Waals surface area contributed by atoms with Crippen LogP contribution in [-0.2, 0) is 21.2 Å². The molecule has 1 amide bonds. The Bertz CT molecular complexity index is 1170. The van der Waals surface area contributed by atoms with Crippen molar-refractivity contribution in [2.75, 3.05) is 19.5 Å². The molecule has 0 aliphatic rings. The monoisotopic (exact) mass is 458 g/mol. The quantitative estimate of drug-likeness (QED) is 0.513. The minimum Gasteiger partial charge on any atom is -0.497 e. The molecule has 0 saturated carbocycles. The Balaban J connectivity index is 1.90. The van der Waals surface area contributed by atoms with Crippen LogP contribution in [0, 0.1) is 5.82 Å². The van der Waals surface area contributed by atoms with E-state index in [1.54, 1.807) is 42.5 Å². The van der Waals surface area contributed by atoms with Gasteiger partial charge in [0.1, 0.15) is 23.4 Å². The van der Waals surface area contributed by atoms with Gasteiger partial charge >= 0.3 is 0 Å². The van der Waals surface area contributed by atoms with Crippen LogP contribution >= 0.6 is 0 Å². The van der Waals surface area contributed by atoms with Crippen LogP contribution in [0.25, 0.3) is 0 Å². The number of halogens is 1. The molecule has 0 spiro atoms. The summed E-state index contributed by atoms with van der Waals surface area (Å²) in [4.78, 5) is 13.0. The van der Waals surface area contributed by atoms with Crippen molar-refractivity contribution in [1.82, 2.24) is 4.72 Å². The zero-order valence-electron chi connectivity index (χ0n) is 17.5. The lowest BCUT2D eigenvalue weighted by Gasteiger charge is -2.20. The van der Waals surface area contributed by atoms with Crippen LogP contribution in [0.1, 0.15) is 5.56 Å². The Morgan fingerprint density at radius 3 is 2.28 bits per heavy atom. The minimum atomic E-state index is -4.10. The Labute approximate surface area is 186 Å². The Kier molecular flexibility index (Phi) is 7.45. The van der Waals surface area contributed by atoms with Gasteiger partial charge in [0.05, 0.1) is 24.8 Å². The highest BCUT2D eigenvalue weighted by Crippen LogP contribution is 2.29. The summed E-state index contributed by atoms with van der Waals surface area (Å²) >= 11 is 0. The smallest absolute Gasteiger partial charge is 0.243 e. The van der Waals surface area contributed by atoms with Crippen LogP contribution in [0.15, 0.2) is 77.7 Å². The molecule has 0 aliphatic carbocycles. The Morgan fingerprint density at radius 2 is 1.66 bits per heavy atom. The number of hydrogen-bond donors (Lipinski definition) is 2. The number of hydrogen-bond acceptors (Lipinski definition) is 5. The van der Waals surface area contributed by atoms with Gasteiger partial charge in [0, 0.05) is 6.07 Å². The average molecular weight is 459 g/mol. The first-order valence-electron chi connectivity index (χ1n) is 9.67. The van der Waals surface area contributed by atoms with Crippen molar-refractivity contribution in [2.45, 2.75) is 17.4 Å². The first kappa shape index (κ1) is 23.2. The fourth-order valence-electron chi connectivity index (χ4n) is 3.04. The third-order valence-corrected chi connectivity index (χ3v) is 6.17. The summed E-state index contributed by atoms with van der Waals surface area (Å²) in [7, 11) is -1.15. The molecule has 3 aromatic rings. The van der Waals surface area contributed by atoms with Crippen LogP contribution in [0.5, 0.6) is 11.5 Å². The number of sulfonamides is 1. The van der Waals surface area contributed by atoms with E-state index in [9.17, 15) is 17.6 Å². The highest BCUT2D eigenvalue weighted by Gasteiger charge is 2.27. The lowest BCUT2D eigenvalue weighted by Crippen LogP contribution is -2.45. The maximum Gasteiger partial charge on any atom is 0.243 e. The number of amides is 1. The third kappa shape index (κ3) is 5.83. The van der Waals surface area contributed by atoms with Crippen molar-refractivity contribution in [2.24, 2.45) is 0 Å². The highest BCUT2D eigenvalue weighted by atomic mass is 32.2. The zero-order chi connectivity index (χ0) is 23.1. The summed E-state index contributed by atoms with van der Waals surface area (Å²) in [6.45, 7) is 0. The Hall–Kier alpha value is -3.43. The molecule has 3 rings (SSSR count). The van der Waals surface area contributed by atoms with E-state index in [4.69, 9.17) is 9.47 Å². The van der Waals surface area contributed by atoms with E-state index in [0.717, 1.165) is 29.8 Å². The number of nitrogens with one attached hydrogen (secondary N) is 2. The summed E-state index contributed by atoms with van der Waals surface area (Å²) in [5, 5.41) is 2.71. The van der Waals surface area contributed by atoms with Gasteiger partial charge in [-0.3, -0.25) is 4.79 Å². The lowest BCUT2D eigenvalue weighted by atomic mass is 10.1. The number of benzene rings is 3. The standard InChI is InChI=1S/C23H23FN2O5S/c1-30-18-10-13-22(31-2)20(15-18)25-23(27)21(14-16-6-4-3-5-7-16)26-32(28,29)19-11-8-17(24)9-12-19/h3-13,15,21,26H,14H2,1-2H3,(H,25,27)/t21-/m1/s1. The van der Waals surface area contributed by atoms with Crippen molar-refractivity contribution >= 4 is 21.6 Å². The maximum atomic E-state index is 13.2. The number of carbonyl (C=O) groups excluding carboxylic acids is 1. The molecule has 0 bridgehead atoms. The van der Waals surface area contributed by atoms with Gasteiger partial charge in [0.25, 0.3) is 0 Å². The zero-order valence-corrected chi connectivity index (χ0v) is 18.4. The largest absolute Gasteiger partial charge is 0.497 e. The van der Waals surface area contributed by atoms with Crippen LogP contribution in [-0.4, -0.2) is 34.6 Å². The molecule has 0 aromatic heterocycles.